The van der Waals surface area contributed by atoms with E-state index in [0.29, 0.717) is 61.2 Å². The van der Waals surface area contributed by atoms with Crippen LogP contribution in [-0.4, -0.2) is 91.4 Å². The van der Waals surface area contributed by atoms with Crippen molar-refractivity contribution in [3.8, 4) is 11.8 Å². The van der Waals surface area contributed by atoms with E-state index in [0.717, 1.165) is 6.42 Å². The largest absolute Gasteiger partial charge is 0.387 e. The molecule has 0 bridgehead atoms. The zero-order valence-electron chi connectivity index (χ0n) is 25.3. The molecule has 2 aromatic rings. The maximum atomic E-state index is 13.4. The Morgan fingerprint density at radius 3 is 2.64 bits per heavy atom. The second-order valence-electron chi connectivity index (χ2n) is 9.82. The Morgan fingerprint density at radius 2 is 1.98 bits per heavy atom. The molecule has 2 amide bonds. The van der Waals surface area contributed by atoms with E-state index >= 15 is 0 Å². The van der Waals surface area contributed by atoms with Gasteiger partial charge in [0, 0.05) is 57.6 Å². The lowest BCUT2D eigenvalue weighted by Gasteiger charge is -2.23. The second kappa shape index (κ2) is 17.3. The van der Waals surface area contributed by atoms with Crippen molar-refractivity contribution in [1.29, 1.82) is 5.41 Å². The van der Waals surface area contributed by atoms with E-state index in [1.54, 1.807) is 45.4 Å². The Hall–Kier alpha value is -4.50. The zero-order chi connectivity index (χ0) is 31.1. The van der Waals surface area contributed by atoms with Gasteiger partial charge in [-0.3, -0.25) is 15.0 Å². The number of carbonyl (C=O) groups is 2. The van der Waals surface area contributed by atoms with E-state index in [9.17, 15) is 14.0 Å². The molecule has 0 aliphatic carbocycles. The lowest BCUT2D eigenvalue weighted by atomic mass is 10.1. The maximum absolute atomic E-state index is 13.4. The Labute approximate surface area is 247 Å². The molecule has 0 aliphatic rings. The summed E-state index contributed by atoms with van der Waals surface area (Å²) < 4.78 is 13.4. The number of unbranched alkanes of at least 4 members (excludes halogenated alkanes) is 1. The summed E-state index contributed by atoms with van der Waals surface area (Å²) in [5.41, 5.74) is 1.92. The van der Waals surface area contributed by atoms with Crippen molar-refractivity contribution in [1.82, 2.24) is 25.1 Å². The molecule has 5 N–H and O–H groups in total. The van der Waals surface area contributed by atoms with Gasteiger partial charge in [0.05, 0.1) is 17.3 Å². The Balaban J connectivity index is 1.95. The number of halogens is 1. The van der Waals surface area contributed by atoms with Crippen LogP contribution >= 0.6 is 0 Å². The first-order valence-corrected chi connectivity index (χ1v) is 13.9. The third-order valence-electron chi connectivity index (χ3n) is 6.15. The van der Waals surface area contributed by atoms with Gasteiger partial charge in [-0.25, -0.2) is 4.98 Å². The molecule has 2 rings (SSSR count). The summed E-state index contributed by atoms with van der Waals surface area (Å²) in [5, 5.41) is 19.4. The molecule has 0 aliphatic heterocycles. The van der Waals surface area contributed by atoms with E-state index in [-0.39, 0.29) is 17.4 Å². The van der Waals surface area contributed by atoms with Crippen LogP contribution in [0.2, 0.25) is 0 Å². The van der Waals surface area contributed by atoms with Crippen LogP contribution in [0.25, 0.3) is 0 Å². The third kappa shape index (κ3) is 10.8. The van der Waals surface area contributed by atoms with Gasteiger partial charge in [0.2, 0.25) is 23.7 Å². The van der Waals surface area contributed by atoms with Gasteiger partial charge in [0.1, 0.15) is 11.9 Å². The number of carbonyl (C=O) groups excluding carboxylic acids is 2. The van der Waals surface area contributed by atoms with Crippen molar-refractivity contribution in [2.45, 2.75) is 39.2 Å². The molecule has 12 heteroatoms. The third-order valence-corrected chi connectivity index (χ3v) is 6.15. The van der Waals surface area contributed by atoms with Crippen LogP contribution in [0.4, 0.5) is 27.5 Å². The molecule has 0 fully saturated rings. The highest BCUT2D eigenvalue weighted by Gasteiger charge is 2.20. The highest BCUT2D eigenvalue weighted by Crippen LogP contribution is 2.24. The first-order chi connectivity index (χ1) is 20.1. The first kappa shape index (κ1) is 33.7. The van der Waals surface area contributed by atoms with Crippen LogP contribution in [0.5, 0.6) is 0 Å². The highest BCUT2D eigenvalue weighted by molar-refractivity contribution is 5.97. The topological polar surface area (TPSA) is 138 Å². The van der Waals surface area contributed by atoms with Crippen LogP contribution in [0.15, 0.2) is 36.5 Å². The lowest BCUT2D eigenvalue weighted by molar-refractivity contribution is -0.135. The molecule has 1 heterocycles. The standard InChI is InChI=1S/C30H42FN9O2/c1-7-16-34-28-22(20-36-30(38-28)37-23-14-15-24(27(31)32)25(19-23)33-3)12-9-8-10-17-35-29(42)21(2)40(6)26(41)13-11-18-39(4)5/h11,13-15,19-21,32-33H,7-8,10,16-18H2,1-6H3,(H,35,42)(H2,34,36,37,38)/b13-11+,32-27?/t21-/m0/s1. The molecule has 0 radical (unpaired) electrons. The van der Waals surface area contributed by atoms with E-state index in [1.807, 2.05) is 25.9 Å². The normalized spacial score (nSPS) is 11.4. The number of benzene rings is 1. The second-order valence-corrected chi connectivity index (χ2v) is 9.82. The predicted octanol–water partition coefficient (Wildman–Crippen LogP) is 3.59. The van der Waals surface area contributed by atoms with E-state index < -0.39 is 12.0 Å². The van der Waals surface area contributed by atoms with E-state index in [1.165, 1.54) is 17.0 Å². The van der Waals surface area contributed by atoms with Gasteiger partial charge in [-0.05, 0) is 52.1 Å². The van der Waals surface area contributed by atoms with Crippen LogP contribution in [-0.2, 0) is 9.59 Å². The predicted molar refractivity (Wildman–Crippen MR) is 167 cm³/mol. The summed E-state index contributed by atoms with van der Waals surface area (Å²) in [7, 11) is 7.10. The van der Waals surface area contributed by atoms with Crippen LogP contribution < -0.4 is 21.3 Å². The summed E-state index contributed by atoms with van der Waals surface area (Å²) >= 11 is 0. The molecular weight excluding hydrogens is 537 g/mol. The van der Waals surface area contributed by atoms with Crippen molar-refractivity contribution in [3.05, 3.63) is 47.7 Å². The molecule has 0 saturated heterocycles. The Morgan fingerprint density at radius 1 is 1.21 bits per heavy atom. The fraction of sp³-hybridized carbons (Fsp3) is 0.433. The molecule has 226 valence electrons. The van der Waals surface area contributed by atoms with Gasteiger partial charge in [0.25, 0.3) is 0 Å². The molecule has 0 spiro atoms. The molecule has 11 nitrogen and oxygen atoms in total. The zero-order valence-corrected chi connectivity index (χ0v) is 25.3. The summed E-state index contributed by atoms with van der Waals surface area (Å²) in [6, 6.07) is 4.25. The number of nitrogens with one attached hydrogen (secondary N) is 5. The number of nitrogens with zero attached hydrogens (tertiary/aromatic N) is 4. The Bertz CT molecular complexity index is 1320. The fourth-order valence-electron chi connectivity index (χ4n) is 3.60. The minimum Gasteiger partial charge on any atom is -0.387 e. The molecule has 1 atom stereocenters. The number of anilines is 4. The average Bonchev–Trinajstić information content (AvgIpc) is 2.97. The van der Waals surface area contributed by atoms with Gasteiger partial charge in [-0.15, -0.1) is 0 Å². The fourth-order valence-corrected chi connectivity index (χ4v) is 3.60. The minimum absolute atomic E-state index is 0.167. The quantitative estimate of drug-likeness (QED) is 0.0934. The van der Waals surface area contributed by atoms with Crippen LogP contribution in [0.1, 0.15) is 44.2 Å². The van der Waals surface area contributed by atoms with Crippen LogP contribution in [0, 0.1) is 17.3 Å². The first-order valence-electron chi connectivity index (χ1n) is 13.9. The summed E-state index contributed by atoms with van der Waals surface area (Å²) in [4.78, 5) is 37.0. The number of likely N-dealkylation sites (N-methyl/N-ethyl adjacent to an activating group) is 2. The van der Waals surface area contributed by atoms with Crippen molar-refractivity contribution in [2.24, 2.45) is 0 Å². The van der Waals surface area contributed by atoms with Gasteiger partial charge < -0.3 is 31.1 Å². The summed E-state index contributed by atoms with van der Waals surface area (Å²) in [6.07, 6.45) is 6.97. The number of aromatic nitrogens is 2. The molecule has 1 aromatic carbocycles. The Kier molecular flexibility index (Phi) is 13.9. The monoisotopic (exact) mass is 579 g/mol. The van der Waals surface area contributed by atoms with E-state index in [2.05, 4.69) is 43.1 Å². The van der Waals surface area contributed by atoms with Crippen molar-refractivity contribution >= 4 is 40.9 Å². The number of hydrogen-bond acceptors (Lipinski definition) is 9. The number of hydrogen-bond donors (Lipinski definition) is 5. The van der Waals surface area contributed by atoms with Crippen molar-refractivity contribution in [3.63, 3.8) is 0 Å². The van der Waals surface area contributed by atoms with Gasteiger partial charge in [-0.2, -0.15) is 9.37 Å². The highest BCUT2D eigenvalue weighted by atomic mass is 19.1. The maximum Gasteiger partial charge on any atom is 0.246 e. The average molecular weight is 580 g/mol. The number of rotatable bonds is 15. The number of amides is 2. The molecule has 1 aromatic heterocycles. The lowest BCUT2D eigenvalue weighted by Crippen LogP contribution is -2.45. The van der Waals surface area contributed by atoms with Crippen molar-refractivity contribution in [2.75, 3.05) is 63.8 Å². The SMILES string of the molecule is CCCNc1nc(Nc2ccc(C(=N)F)c(NC)c2)ncc1C#CCCCNC(=O)[C@H](C)N(C)C(=O)/C=C/CN(C)C. The van der Waals surface area contributed by atoms with Crippen molar-refractivity contribution < 1.29 is 14.0 Å². The van der Waals surface area contributed by atoms with Gasteiger partial charge in [0.15, 0.2) is 0 Å². The minimum atomic E-state index is -1.02. The summed E-state index contributed by atoms with van der Waals surface area (Å²) in [6.45, 7) is 5.53. The van der Waals surface area contributed by atoms with Gasteiger partial charge >= 0.3 is 0 Å². The molecular formula is C30H42FN9O2. The van der Waals surface area contributed by atoms with E-state index in [4.69, 9.17) is 5.41 Å². The van der Waals surface area contributed by atoms with Gasteiger partial charge in [-0.1, -0.05) is 24.8 Å². The molecule has 42 heavy (non-hydrogen) atoms. The summed E-state index contributed by atoms with van der Waals surface area (Å²) in [5.74, 6) is 5.69. The smallest absolute Gasteiger partial charge is 0.246 e. The molecule has 0 unspecified atom stereocenters. The van der Waals surface area contributed by atoms with Crippen LogP contribution in [0.3, 0.4) is 0 Å². The molecule has 0 saturated carbocycles.